The van der Waals surface area contributed by atoms with Gasteiger partial charge in [-0.3, -0.25) is 10.5 Å². The molecule has 8 heteroatoms. The van der Waals surface area contributed by atoms with E-state index in [1.165, 1.54) is 0 Å². The number of rotatable bonds is 7. The van der Waals surface area contributed by atoms with Gasteiger partial charge in [-0.1, -0.05) is 0 Å². The summed E-state index contributed by atoms with van der Waals surface area (Å²) >= 11 is 0. The van der Waals surface area contributed by atoms with Gasteiger partial charge in [-0.2, -0.15) is 5.10 Å². The first-order valence-electron chi connectivity index (χ1n) is 6.64. The Morgan fingerprint density at radius 2 is 2.10 bits per heavy atom. The van der Waals surface area contributed by atoms with Gasteiger partial charge in [0, 0.05) is 18.9 Å². The Morgan fingerprint density at radius 3 is 2.67 bits per heavy atom. The number of nitrogens with zero attached hydrogens (tertiary/aromatic N) is 5. The van der Waals surface area contributed by atoms with Gasteiger partial charge in [-0.25, -0.2) is 15.4 Å². The van der Waals surface area contributed by atoms with Gasteiger partial charge < -0.3 is 9.64 Å². The van der Waals surface area contributed by atoms with Crippen LogP contribution >= 0.6 is 0 Å². The topological polar surface area (TPSA) is 94.1 Å². The lowest BCUT2D eigenvalue weighted by molar-refractivity contribution is 0.358. The first kappa shape index (κ1) is 15.4. The molecule has 0 amide bonds. The molecule has 2 aromatic rings. The molecule has 2 aromatic heterocycles. The van der Waals surface area contributed by atoms with Gasteiger partial charge in [0.2, 0.25) is 0 Å². The third kappa shape index (κ3) is 3.54. The average molecular weight is 291 g/mol. The second-order valence-electron chi connectivity index (χ2n) is 4.83. The molecule has 21 heavy (non-hydrogen) atoms. The van der Waals surface area contributed by atoms with Crippen LogP contribution in [0, 0.1) is 0 Å². The van der Waals surface area contributed by atoms with Gasteiger partial charge in [0.1, 0.15) is 11.7 Å². The highest BCUT2D eigenvalue weighted by Gasteiger charge is 2.24. The Bertz CT molecular complexity index is 555. The molecule has 0 aliphatic heterocycles. The lowest BCUT2D eigenvalue weighted by Crippen LogP contribution is -2.33. The SMILES string of the molecule is COc1cnn(CCN(C)C)c1C(NN)c1ncccn1. The molecule has 0 fully saturated rings. The number of hydrazine groups is 1. The third-order valence-corrected chi connectivity index (χ3v) is 3.11. The van der Waals surface area contributed by atoms with Crippen molar-refractivity contribution < 1.29 is 4.74 Å². The van der Waals surface area contributed by atoms with Crippen molar-refractivity contribution in [1.29, 1.82) is 0 Å². The van der Waals surface area contributed by atoms with Gasteiger partial charge in [0.25, 0.3) is 0 Å². The van der Waals surface area contributed by atoms with Crippen molar-refractivity contribution in [1.82, 2.24) is 30.1 Å². The molecule has 8 nitrogen and oxygen atoms in total. The Labute approximate surface area is 123 Å². The fourth-order valence-corrected chi connectivity index (χ4v) is 2.03. The van der Waals surface area contributed by atoms with E-state index in [1.807, 2.05) is 18.8 Å². The van der Waals surface area contributed by atoms with Crippen LogP contribution in [0.4, 0.5) is 0 Å². The Morgan fingerprint density at radius 1 is 1.38 bits per heavy atom. The van der Waals surface area contributed by atoms with Gasteiger partial charge in [-0.15, -0.1) is 0 Å². The molecule has 0 radical (unpaired) electrons. The molecule has 2 rings (SSSR count). The lowest BCUT2D eigenvalue weighted by atomic mass is 10.2. The first-order valence-corrected chi connectivity index (χ1v) is 6.64. The molecular weight excluding hydrogens is 270 g/mol. The molecule has 0 saturated heterocycles. The van der Waals surface area contributed by atoms with Crippen molar-refractivity contribution in [3.63, 3.8) is 0 Å². The van der Waals surface area contributed by atoms with Crippen LogP contribution in [0.1, 0.15) is 17.6 Å². The standard InChI is InChI=1S/C13H21N7O/c1-19(2)7-8-20-12(10(21-3)9-17-20)11(18-14)13-15-5-4-6-16-13/h4-6,9,11,18H,7-8,14H2,1-3H3. The molecule has 0 bridgehead atoms. The molecule has 3 N–H and O–H groups in total. The molecule has 0 aliphatic rings. The normalized spacial score (nSPS) is 12.6. The van der Waals surface area contributed by atoms with E-state index in [9.17, 15) is 0 Å². The highest BCUT2D eigenvalue weighted by molar-refractivity contribution is 5.32. The number of nitrogens with two attached hydrogens (primary N) is 1. The van der Waals surface area contributed by atoms with Gasteiger partial charge in [-0.05, 0) is 20.2 Å². The summed E-state index contributed by atoms with van der Waals surface area (Å²) in [5, 5.41) is 4.37. The van der Waals surface area contributed by atoms with Gasteiger partial charge >= 0.3 is 0 Å². The summed E-state index contributed by atoms with van der Waals surface area (Å²) in [6, 6.07) is 1.38. The Kier molecular flexibility index (Phi) is 5.20. The number of hydrogen-bond acceptors (Lipinski definition) is 7. The molecule has 0 saturated carbocycles. The molecule has 1 atom stereocenters. The van der Waals surface area contributed by atoms with Crippen LogP contribution in [0.5, 0.6) is 5.75 Å². The molecule has 0 aliphatic carbocycles. The number of aromatic nitrogens is 4. The first-order chi connectivity index (χ1) is 10.2. The second-order valence-corrected chi connectivity index (χ2v) is 4.83. The smallest absolute Gasteiger partial charge is 0.162 e. The van der Waals surface area contributed by atoms with Crippen LogP contribution in [0.2, 0.25) is 0 Å². The number of methoxy groups -OCH3 is 1. The molecule has 0 aromatic carbocycles. The average Bonchev–Trinajstić information content (AvgIpc) is 2.90. The number of likely N-dealkylation sites (N-methyl/N-ethyl adjacent to an activating group) is 1. The van der Waals surface area contributed by atoms with Crippen LogP contribution in [0.3, 0.4) is 0 Å². The Hall–Kier alpha value is -2.03. The maximum Gasteiger partial charge on any atom is 0.162 e. The summed E-state index contributed by atoms with van der Waals surface area (Å²) in [4.78, 5) is 10.6. The number of nitrogens with one attached hydrogen (secondary N) is 1. The zero-order valence-corrected chi connectivity index (χ0v) is 12.5. The highest BCUT2D eigenvalue weighted by atomic mass is 16.5. The van der Waals surface area contributed by atoms with E-state index in [1.54, 1.807) is 31.8 Å². The van der Waals surface area contributed by atoms with Crippen molar-refractivity contribution in [2.45, 2.75) is 12.6 Å². The van der Waals surface area contributed by atoms with E-state index in [0.717, 1.165) is 18.8 Å². The van der Waals surface area contributed by atoms with E-state index in [-0.39, 0.29) is 6.04 Å². The number of ether oxygens (including phenoxy) is 1. The van der Waals surface area contributed by atoms with Crippen molar-refractivity contribution in [2.75, 3.05) is 27.7 Å². The minimum atomic E-state index is -0.384. The predicted octanol–water partition coefficient (Wildman–Crippen LogP) is -0.204. The quantitative estimate of drug-likeness (QED) is 0.538. The fourth-order valence-electron chi connectivity index (χ4n) is 2.03. The Balaban J connectivity index is 2.37. The van der Waals surface area contributed by atoms with Crippen LogP contribution in [0.15, 0.2) is 24.7 Å². The summed E-state index contributed by atoms with van der Waals surface area (Å²) in [6.07, 6.45) is 5.04. The van der Waals surface area contributed by atoms with E-state index in [4.69, 9.17) is 10.6 Å². The molecule has 1 unspecified atom stereocenters. The zero-order valence-electron chi connectivity index (χ0n) is 12.5. The van der Waals surface area contributed by atoms with Crippen LogP contribution in [0.25, 0.3) is 0 Å². The van der Waals surface area contributed by atoms with E-state index in [2.05, 4.69) is 25.4 Å². The second kappa shape index (κ2) is 7.11. The molecule has 0 spiro atoms. The van der Waals surface area contributed by atoms with Crippen molar-refractivity contribution in [3.05, 3.63) is 36.2 Å². The van der Waals surface area contributed by atoms with Crippen molar-refractivity contribution >= 4 is 0 Å². The highest BCUT2D eigenvalue weighted by Crippen LogP contribution is 2.27. The van der Waals surface area contributed by atoms with Gasteiger partial charge in [0.15, 0.2) is 11.6 Å². The minimum Gasteiger partial charge on any atom is -0.493 e. The van der Waals surface area contributed by atoms with Crippen molar-refractivity contribution in [3.8, 4) is 5.75 Å². The maximum absolute atomic E-state index is 5.71. The van der Waals surface area contributed by atoms with Crippen molar-refractivity contribution in [2.24, 2.45) is 5.84 Å². The summed E-state index contributed by atoms with van der Waals surface area (Å²) in [6.45, 7) is 1.57. The lowest BCUT2D eigenvalue weighted by Gasteiger charge is -2.18. The third-order valence-electron chi connectivity index (χ3n) is 3.11. The summed E-state index contributed by atoms with van der Waals surface area (Å²) in [5.41, 5.74) is 3.56. The van der Waals surface area contributed by atoms with E-state index >= 15 is 0 Å². The summed E-state index contributed by atoms with van der Waals surface area (Å²) in [5.74, 6) is 6.94. The number of hydrogen-bond donors (Lipinski definition) is 2. The zero-order chi connectivity index (χ0) is 15.2. The molecular formula is C13H21N7O. The molecule has 2 heterocycles. The summed E-state index contributed by atoms with van der Waals surface area (Å²) in [7, 11) is 5.63. The van der Waals surface area contributed by atoms with Crippen LogP contribution in [-0.2, 0) is 6.54 Å². The van der Waals surface area contributed by atoms with Crippen LogP contribution < -0.4 is 16.0 Å². The molecule has 114 valence electrons. The monoisotopic (exact) mass is 291 g/mol. The maximum atomic E-state index is 5.71. The predicted molar refractivity (Wildman–Crippen MR) is 78.5 cm³/mol. The summed E-state index contributed by atoms with van der Waals surface area (Å²) < 4.78 is 7.25. The van der Waals surface area contributed by atoms with E-state index < -0.39 is 0 Å². The van der Waals surface area contributed by atoms with Crippen LogP contribution in [-0.4, -0.2) is 52.4 Å². The van der Waals surface area contributed by atoms with Gasteiger partial charge in [0.05, 0.1) is 19.9 Å². The van der Waals surface area contributed by atoms with E-state index in [0.29, 0.717) is 11.6 Å². The largest absolute Gasteiger partial charge is 0.493 e. The fraction of sp³-hybridized carbons (Fsp3) is 0.462. The minimum absolute atomic E-state index is 0.384.